The summed E-state index contributed by atoms with van der Waals surface area (Å²) < 4.78 is 5.30. The number of hydrogen-bond donors (Lipinski definition) is 0. The fourth-order valence-corrected chi connectivity index (χ4v) is 2.34. The number of unbranched alkanes of at least 4 members (excludes halogenated alkanes) is 3. The van der Waals surface area contributed by atoms with Crippen molar-refractivity contribution in [3.63, 3.8) is 0 Å². The molecule has 20 heavy (non-hydrogen) atoms. The third kappa shape index (κ3) is 4.12. The van der Waals surface area contributed by atoms with Gasteiger partial charge >= 0.3 is 6.09 Å². The molecule has 0 saturated carbocycles. The molecule has 0 saturated heterocycles. The highest BCUT2D eigenvalue weighted by molar-refractivity contribution is 5.76. The van der Waals surface area contributed by atoms with Crippen molar-refractivity contribution < 1.29 is 9.53 Å². The molecular formula is C17H23NO2. The maximum Gasteiger partial charge on any atom is 0.413 e. The Bertz CT molecular complexity index is 453. The summed E-state index contributed by atoms with van der Waals surface area (Å²) in [5.74, 6) is 0. The van der Waals surface area contributed by atoms with Crippen LogP contribution in [0.15, 0.2) is 36.5 Å². The number of amides is 1. The van der Waals surface area contributed by atoms with Gasteiger partial charge in [0.15, 0.2) is 0 Å². The van der Waals surface area contributed by atoms with Gasteiger partial charge in [-0.2, -0.15) is 0 Å². The predicted molar refractivity (Wildman–Crippen MR) is 81.2 cm³/mol. The average molecular weight is 273 g/mol. The smallest absolute Gasteiger partial charge is 0.413 e. The second kappa shape index (κ2) is 7.73. The van der Waals surface area contributed by atoms with Crippen molar-refractivity contribution in [2.75, 3.05) is 13.2 Å². The van der Waals surface area contributed by atoms with Crippen LogP contribution in [0.2, 0.25) is 0 Å². The third-order valence-electron chi connectivity index (χ3n) is 3.54. The van der Waals surface area contributed by atoms with Gasteiger partial charge in [-0.25, -0.2) is 4.79 Å². The molecule has 3 nitrogen and oxygen atoms in total. The number of ether oxygens (including phenoxy) is 1. The minimum Gasteiger partial charge on any atom is -0.449 e. The van der Waals surface area contributed by atoms with E-state index in [0.29, 0.717) is 6.61 Å². The van der Waals surface area contributed by atoms with Crippen molar-refractivity contribution >= 4 is 11.7 Å². The van der Waals surface area contributed by atoms with Crippen molar-refractivity contribution in [3.05, 3.63) is 42.1 Å². The van der Waals surface area contributed by atoms with Gasteiger partial charge in [-0.05, 0) is 24.0 Å². The molecule has 1 aromatic rings. The van der Waals surface area contributed by atoms with Crippen LogP contribution in [-0.4, -0.2) is 24.1 Å². The van der Waals surface area contributed by atoms with Gasteiger partial charge in [0.25, 0.3) is 0 Å². The number of rotatable bonds is 6. The van der Waals surface area contributed by atoms with E-state index in [0.717, 1.165) is 25.8 Å². The average Bonchev–Trinajstić information content (AvgIpc) is 2.98. The van der Waals surface area contributed by atoms with Crippen LogP contribution in [0.1, 0.15) is 44.6 Å². The zero-order valence-electron chi connectivity index (χ0n) is 12.2. The first-order chi connectivity index (χ1) is 9.81. The van der Waals surface area contributed by atoms with E-state index < -0.39 is 0 Å². The van der Waals surface area contributed by atoms with E-state index in [1.165, 1.54) is 24.0 Å². The molecule has 0 radical (unpaired) electrons. The molecule has 3 heteroatoms. The van der Waals surface area contributed by atoms with Gasteiger partial charge in [-0.1, -0.05) is 56.5 Å². The minimum absolute atomic E-state index is 0.215. The fraction of sp³-hybridized carbons (Fsp3) is 0.471. The highest BCUT2D eigenvalue weighted by Gasteiger charge is 2.20. The largest absolute Gasteiger partial charge is 0.449 e. The molecule has 0 fully saturated rings. The number of hydrogen-bond acceptors (Lipinski definition) is 2. The SMILES string of the molecule is CCCCCCOC(=O)N1C=C(c2ccccc2)CC1. The van der Waals surface area contributed by atoms with Gasteiger partial charge in [0.2, 0.25) is 0 Å². The quantitative estimate of drug-likeness (QED) is 0.717. The first-order valence-corrected chi connectivity index (χ1v) is 7.50. The molecule has 1 aromatic carbocycles. The lowest BCUT2D eigenvalue weighted by Crippen LogP contribution is -2.24. The molecule has 0 aromatic heterocycles. The molecular weight excluding hydrogens is 250 g/mol. The normalized spacial score (nSPS) is 14.2. The number of nitrogens with zero attached hydrogens (tertiary/aromatic N) is 1. The lowest BCUT2D eigenvalue weighted by atomic mass is 10.1. The van der Waals surface area contributed by atoms with Crippen molar-refractivity contribution in [1.82, 2.24) is 4.90 Å². The fourth-order valence-electron chi connectivity index (χ4n) is 2.34. The highest BCUT2D eigenvalue weighted by atomic mass is 16.6. The summed E-state index contributed by atoms with van der Waals surface area (Å²) in [6, 6.07) is 10.2. The van der Waals surface area contributed by atoms with Crippen molar-refractivity contribution in [1.29, 1.82) is 0 Å². The monoisotopic (exact) mass is 273 g/mol. The summed E-state index contributed by atoms with van der Waals surface area (Å²) in [5.41, 5.74) is 2.39. The Morgan fingerprint density at radius 3 is 2.75 bits per heavy atom. The van der Waals surface area contributed by atoms with Gasteiger partial charge in [0.05, 0.1) is 6.61 Å². The Morgan fingerprint density at radius 2 is 2.00 bits per heavy atom. The van der Waals surface area contributed by atoms with Crippen LogP contribution in [0.3, 0.4) is 0 Å². The van der Waals surface area contributed by atoms with Crippen LogP contribution in [0.4, 0.5) is 4.79 Å². The Kier molecular flexibility index (Phi) is 5.66. The molecule has 0 spiro atoms. The Hall–Kier alpha value is -1.77. The molecule has 0 N–H and O–H groups in total. The van der Waals surface area contributed by atoms with Crippen LogP contribution in [-0.2, 0) is 4.74 Å². The maximum atomic E-state index is 11.9. The topological polar surface area (TPSA) is 29.5 Å². The van der Waals surface area contributed by atoms with Crippen LogP contribution in [0, 0.1) is 0 Å². The van der Waals surface area contributed by atoms with Crippen LogP contribution >= 0.6 is 0 Å². The van der Waals surface area contributed by atoms with Crippen molar-refractivity contribution in [2.45, 2.75) is 39.0 Å². The summed E-state index contributed by atoms with van der Waals surface area (Å²) in [6.07, 6.45) is 7.10. The van der Waals surface area contributed by atoms with Crippen LogP contribution in [0.5, 0.6) is 0 Å². The Morgan fingerprint density at radius 1 is 1.20 bits per heavy atom. The van der Waals surface area contributed by atoms with Crippen LogP contribution in [0.25, 0.3) is 5.57 Å². The standard InChI is InChI=1S/C17H23NO2/c1-2-3-4-8-13-20-17(19)18-12-11-16(14-18)15-9-6-5-7-10-15/h5-7,9-10,14H,2-4,8,11-13H2,1H3. The van der Waals surface area contributed by atoms with E-state index in [-0.39, 0.29) is 6.09 Å². The maximum absolute atomic E-state index is 11.9. The second-order valence-corrected chi connectivity index (χ2v) is 5.14. The molecule has 0 aliphatic carbocycles. The lowest BCUT2D eigenvalue weighted by Gasteiger charge is -2.13. The summed E-state index contributed by atoms with van der Waals surface area (Å²) in [4.78, 5) is 13.6. The zero-order valence-corrected chi connectivity index (χ0v) is 12.2. The van der Waals surface area contributed by atoms with E-state index in [4.69, 9.17) is 4.74 Å². The first-order valence-electron chi connectivity index (χ1n) is 7.50. The minimum atomic E-state index is -0.215. The number of benzene rings is 1. The molecule has 1 aliphatic rings. The zero-order chi connectivity index (χ0) is 14.2. The van der Waals surface area contributed by atoms with E-state index >= 15 is 0 Å². The van der Waals surface area contributed by atoms with Gasteiger partial charge < -0.3 is 4.74 Å². The molecule has 108 valence electrons. The van der Waals surface area contributed by atoms with Crippen molar-refractivity contribution in [3.8, 4) is 0 Å². The van der Waals surface area contributed by atoms with E-state index in [1.54, 1.807) is 4.90 Å². The Labute approximate surface area is 121 Å². The van der Waals surface area contributed by atoms with Crippen molar-refractivity contribution in [2.24, 2.45) is 0 Å². The van der Waals surface area contributed by atoms with Gasteiger partial charge in [-0.3, -0.25) is 4.90 Å². The van der Waals surface area contributed by atoms with Gasteiger partial charge in [-0.15, -0.1) is 0 Å². The van der Waals surface area contributed by atoms with E-state index in [2.05, 4.69) is 19.1 Å². The van der Waals surface area contributed by atoms with E-state index in [1.807, 2.05) is 24.4 Å². The first kappa shape index (κ1) is 14.6. The molecule has 0 atom stereocenters. The summed E-state index contributed by atoms with van der Waals surface area (Å²) in [6.45, 7) is 3.42. The molecule has 0 unspecified atom stereocenters. The van der Waals surface area contributed by atoms with Gasteiger partial charge in [0.1, 0.15) is 0 Å². The molecule has 1 aliphatic heterocycles. The second-order valence-electron chi connectivity index (χ2n) is 5.14. The number of carbonyl (C=O) groups excluding carboxylic acids is 1. The molecule has 0 bridgehead atoms. The molecule has 2 rings (SSSR count). The lowest BCUT2D eigenvalue weighted by molar-refractivity contribution is 0.117. The summed E-state index contributed by atoms with van der Waals surface area (Å²) >= 11 is 0. The predicted octanol–water partition coefficient (Wildman–Crippen LogP) is 4.45. The summed E-state index contributed by atoms with van der Waals surface area (Å²) in [5, 5.41) is 0. The van der Waals surface area contributed by atoms with Crippen LogP contribution < -0.4 is 0 Å². The Balaban J connectivity index is 1.79. The van der Waals surface area contributed by atoms with Gasteiger partial charge in [0, 0.05) is 12.7 Å². The molecule has 1 amide bonds. The van der Waals surface area contributed by atoms with E-state index in [9.17, 15) is 4.79 Å². The molecule has 1 heterocycles. The number of carbonyl (C=O) groups is 1. The third-order valence-corrected chi connectivity index (χ3v) is 3.54. The summed E-state index contributed by atoms with van der Waals surface area (Å²) in [7, 11) is 0. The highest BCUT2D eigenvalue weighted by Crippen LogP contribution is 2.25.